The van der Waals surface area contributed by atoms with Crippen molar-refractivity contribution < 1.29 is 86.6 Å². The van der Waals surface area contributed by atoms with Gasteiger partial charge in [-0.25, -0.2) is 9.97 Å². The Bertz CT molecular complexity index is 5160. The molecule has 0 spiro atoms. The van der Waals surface area contributed by atoms with Crippen LogP contribution < -0.4 is 43.4 Å². The number of nitrogens with one attached hydrogen (secondary N) is 10. The molecule has 3 aromatic carbocycles. The second-order valence-electron chi connectivity index (χ2n) is 34.7. The number of H-pyrrole nitrogens is 4. The van der Waals surface area contributed by atoms with Crippen molar-refractivity contribution in [3.63, 3.8) is 0 Å². The number of hydrogen-bond acceptors (Lipinski definition) is 21. The zero-order chi connectivity index (χ0) is 95.3. The molecule has 706 valence electrons. The van der Waals surface area contributed by atoms with Gasteiger partial charge < -0.3 is 92.9 Å². The van der Waals surface area contributed by atoms with Crippen molar-refractivity contribution in [2.45, 2.75) is 211 Å². The topological polar surface area (TPSA) is 540 Å². The van der Waals surface area contributed by atoms with E-state index in [2.05, 4.69) is 61.8 Å². The van der Waals surface area contributed by atoms with Gasteiger partial charge in [-0.2, -0.15) is 0 Å². The molecule has 15 N–H and O–H groups in total. The van der Waals surface area contributed by atoms with Crippen molar-refractivity contribution in [2.75, 3.05) is 65.9 Å². The van der Waals surface area contributed by atoms with Crippen molar-refractivity contribution >= 4 is 133 Å². The number of aliphatic hydroxyl groups is 1. The van der Waals surface area contributed by atoms with E-state index in [1.807, 2.05) is 45.9 Å². The highest BCUT2D eigenvalue weighted by Crippen LogP contribution is 2.31. The van der Waals surface area contributed by atoms with E-state index < -0.39 is 236 Å². The molecular weight excluding hydrogens is 1700 g/mol. The van der Waals surface area contributed by atoms with Gasteiger partial charge in [0.25, 0.3) is 0 Å². The van der Waals surface area contributed by atoms with Crippen LogP contribution in [-0.4, -0.2) is 280 Å². The van der Waals surface area contributed by atoms with Crippen molar-refractivity contribution in [1.29, 1.82) is 0 Å². The number of carbonyl (C=O) groups excluding carboxylic acids is 17. The molecule has 38 heteroatoms. The molecule has 9 rings (SSSR count). The molecule has 2 aliphatic heterocycles. The Morgan fingerprint density at radius 3 is 1.66 bits per heavy atom. The Kier molecular flexibility index (Phi) is 38.4. The van der Waals surface area contributed by atoms with Gasteiger partial charge in [-0.15, -0.1) is 11.8 Å². The third kappa shape index (κ3) is 28.9. The van der Waals surface area contributed by atoms with Crippen molar-refractivity contribution in [3.05, 3.63) is 144 Å². The number of Topliss-reactive ketones (excluding diaryl/α,β-unsaturated/α-hetero) is 4. The van der Waals surface area contributed by atoms with Crippen LogP contribution in [0.4, 0.5) is 0 Å². The van der Waals surface area contributed by atoms with Crippen LogP contribution >= 0.6 is 11.8 Å². The standard InChI is InChI=1S/C93H125N19O18S/c1-10-12-28-74-79(116)39-58(35-64-46-97-53-102-64)86(123)107-73(88(125)100-47-82(95)119)50-131-51-84(121)104-70(33-56-22-15-14-16-23-56)90(127)109(7)55(5)85(122)105-72(42-81(94)118)92(129)112-31-21-30-75(112)80(117)38-57(34-63-45-96-52-101-63)77(114)40-59(32-54(3)4)89(126)108(6)48-83(120)103-69(36-60-43-98-67-26-19-17-24-65(60)67)78(115)41-62(49-113)87(124)106-71(37-61-44-99-68-27-20-18-25-66(61)68)91(128)111(9)76(29-13-11-2)93(130)110(74)8/h14-20,22-27,43-46,52-55,57-59,62,69-76,98-99,113H,10-13,21,28-42,47-51H2,1-9H3,(H2,94,118)(H2,95,119)(H,96,101)(H,97,102)(H,100,125)(H,103,120)(H,104,121)(H,105,122)(H,106,124)(H,107,123)/t55-,57+,58+,59+,62-,69-,70-,71-,72-,73-,74-,75-,76-/m0/s1. The Balaban J connectivity index is 1.08. The van der Waals surface area contributed by atoms with Gasteiger partial charge in [0.05, 0.1) is 74.5 Å². The minimum absolute atomic E-state index is 0.0273. The summed E-state index contributed by atoms with van der Waals surface area (Å²) in [6.45, 7) is 6.48. The first-order chi connectivity index (χ1) is 62.6. The van der Waals surface area contributed by atoms with E-state index in [1.165, 1.54) is 74.9 Å². The molecule has 6 heterocycles. The van der Waals surface area contributed by atoms with Gasteiger partial charge in [0.2, 0.25) is 76.8 Å². The number of thioether (sulfide) groups is 1. The molecular formula is C93H125N19O18S. The Morgan fingerprint density at radius 2 is 1.07 bits per heavy atom. The number of aromatic amines is 4. The molecule has 2 aliphatic rings. The third-order valence-corrected chi connectivity index (χ3v) is 25.4. The molecule has 0 aliphatic carbocycles. The van der Waals surface area contributed by atoms with Gasteiger partial charge in [0.1, 0.15) is 42.0 Å². The molecule has 131 heavy (non-hydrogen) atoms. The lowest BCUT2D eigenvalue weighted by atomic mass is 9.83. The number of hydrogen-bond donors (Lipinski definition) is 13. The molecule has 2 saturated heterocycles. The number of unbranched alkanes of at least 4 members (excludes halogenated alkanes) is 2. The second-order valence-corrected chi connectivity index (χ2v) is 35.7. The van der Waals surface area contributed by atoms with E-state index in [0.29, 0.717) is 75.6 Å². The predicted molar refractivity (Wildman–Crippen MR) is 487 cm³/mol. The number of rotatable bonds is 24. The number of fused-ring (bicyclic) bond motifs is 3. The molecule has 13 amide bonds. The van der Waals surface area contributed by atoms with Crippen LogP contribution in [-0.2, 0) is 114 Å². The summed E-state index contributed by atoms with van der Waals surface area (Å²) in [6.07, 6.45) is 7.88. The number of carbonyl (C=O) groups is 17. The number of aromatic nitrogens is 6. The minimum Gasteiger partial charge on any atom is -0.396 e. The SMILES string of the molecule is CCCC[C@H]1C(=O)N(C)[C@@H](CCCC)C(=O)C[C@@H](Cc2cnc[nH]2)C(=O)N[C@H](C(=O)NCC(N)=O)CSCC(=O)N[C@@H](Cc2ccccc2)C(=O)N(C)[C@@H](C)C(=O)N[C@@H](CC(N)=O)C(=O)N2CCC[C@H]2C(=O)C[C@@H](Cc2cnc[nH]2)C(=O)C[C@@H](CC(C)C)C(=O)N(C)CC(=O)N[C@@H](Cc2c[nH]c3ccccc23)C(=O)C[C@@H](CO)C(=O)N[C@@H](Cc2c[nH]c3ccccc23)C(=O)N1C. The summed E-state index contributed by atoms with van der Waals surface area (Å²) in [5.41, 5.74) is 15.2. The number of likely N-dealkylation sites (N-methyl/N-ethyl adjacent to an activating group) is 4. The summed E-state index contributed by atoms with van der Waals surface area (Å²) < 4.78 is 0. The lowest BCUT2D eigenvalue weighted by Gasteiger charge is -2.36. The fourth-order valence-corrected chi connectivity index (χ4v) is 17.8. The maximum absolute atomic E-state index is 15.7. The van der Waals surface area contributed by atoms with E-state index in [-0.39, 0.29) is 82.4 Å². The molecule has 7 aromatic rings. The average molecular weight is 1830 g/mol. The van der Waals surface area contributed by atoms with Gasteiger partial charge in [0, 0.05) is 162 Å². The maximum Gasteiger partial charge on any atom is 0.246 e. The quantitative estimate of drug-likeness (QED) is 0.0413. The number of para-hydroxylation sites is 2. The zero-order valence-electron chi connectivity index (χ0n) is 75.8. The van der Waals surface area contributed by atoms with E-state index in [4.69, 9.17) is 11.5 Å². The molecule has 37 nitrogen and oxygen atoms in total. The Labute approximate surface area is 764 Å². The largest absolute Gasteiger partial charge is 0.396 e. The molecule has 0 radical (unpaired) electrons. The fraction of sp³-hybridized carbons (Fsp3) is 0.516. The summed E-state index contributed by atoms with van der Waals surface area (Å²) in [5, 5.41) is 28.7. The van der Waals surface area contributed by atoms with Crippen LogP contribution in [0.15, 0.2) is 116 Å². The normalized spacial score (nSPS) is 23.9. The number of ketones is 4. The Morgan fingerprint density at radius 1 is 0.534 bits per heavy atom. The van der Waals surface area contributed by atoms with Crippen molar-refractivity contribution in [3.8, 4) is 0 Å². The number of nitrogens with two attached hydrogens (primary N) is 2. The summed E-state index contributed by atoms with van der Waals surface area (Å²) in [5.74, 6) is -19.5. The number of amides is 13. The highest BCUT2D eigenvalue weighted by molar-refractivity contribution is 8.00. The van der Waals surface area contributed by atoms with Gasteiger partial charge in [-0.3, -0.25) is 81.5 Å². The monoisotopic (exact) mass is 1830 g/mol. The highest BCUT2D eigenvalue weighted by Gasteiger charge is 2.44. The number of imidazole rings is 2. The van der Waals surface area contributed by atoms with Gasteiger partial charge in [0.15, 0.2) is 17.3 Å². The van der Waals surface area contributed by atoms with Crippen LogP contribution in [0.5, 0.6) is 0 Å². The fourth-order valence-electron chi connectivity index (χ4n) is 17.0. The highest BCUT2D eigenvalue weighted by atomic mass is 32.2. The van der Waals surface area contributed by atoms with Crippen LogP contribution in [0.3, 0.4) is 0 Å². The lowest BCUT2D eigenvalue weighted by Crippen LogP contribution is -2.58. The number of primary amides is 2. The van der Waals surface area contributed by atoms with Crippen LogP contribution in [0.1, 0.15) is 153 Å². The van der Waals surface area contributed by atoms with Crippen molar-refractivity contribution in [1.82, 2.24) is 86.3 Å². The summed E-state index contributed by atoms with van der Waals surface area (Å²) in [4.78, 5) is 276. The van der Waals surface area contributed by atoms with E-state index >= 15 is 33.6 Å². The molecule has 2 fully saturated rings. The first kappa shape index (κ1) is 102. The first-order valence-electron chi connectivity index (χ1n) is 44.7. The number of nitrogens with zero attached hydrogens (tertiary/aromatic N) is 7. The van der Waals surface area contributed by atoms with Gasteiger partial charge in [-0.1, -0.05) is 120 Å². The maximum atomic E-state index is 15.7. The summed E-state index contributed by atoms with van der Waals surface area (Å²) in [6, 6.07) is 10.2. The summed E-state index contributed by atoms with van der Waals surface area (Å²) >= 11 is 0.837. The summed E-state index contributed by atoms with van der Waals surface area (Å²) in [7, 11) is 5.47. The third-order valence-electron chi connectivity index (χ3n) is 24.3. The smallest absolute Gasteiger partial charge is 0.246 e. The lowest BCUT2D eigenvalue weighted by molar-refractivity contribution is -0.149. The van der Waals surface area contributed by atoms with Crippen molar-refractivity contribution in [2.24, 2.45) is 41.1 Å². The van der Waals surface area contributed by atoms with E-state index in [0.717, 1.165) is 21.6 Å². The number of benzene rings is 3. The predicted octanol–water partition coefficient (Wildman–Crippen LogP) is 2.93. The average Bonchev–Trinajstić information content (AvgIpc) is 1.73. The first-order valence-corrected chi connectivity index (χ1v) is 45.8. The zero-order valence-corrected chi connectivity index (χ0v) is 76.6. The van der Waals surface area contributed by atoms with E-state index in [9.17, 15) is 53.1 Å². The van der Waals surface area contributed by atoms with E-state index in [1.54, 1.807) is 73.1 Å². The second kappa shape index (κ2) is 49.3. The van der Waals surface area contributed by atoms with Crippen LogP contribution in [0.2, 0.25) is 0 Å². The molecule has 0 bridgehead atoms. The van der Waals surface area contributed by atoms with Gasteiger partial charge in [-0.05, 0) is 80.2 Å². The molecule has 0 saturated carbocycles. The molecule has 0 unspecified atom stereocenters. The van der Waals surface area contributed by atoms with Gasteiger partial charge >= 0.3 is 0 Å². The van der Waals surface area contributed by atoms with Crippen LogP contribution in [0, 0.1) is 29.6 Å². The molecule has 4 aromatic heterocycles. The number of aliphatic hydroxyl groups excluding tert-OH is 1. The Hall–Kier alpha value is -12.7. The van der Waals surface area contributed by atoms with Crippen LogP contribution in [0.25, 0.3) is 21.8 Å². The minimum atomic E-state index is -1.69. The molecule has 13 atom stereocenters.